The molecule has 4 rings (SSSR count). The van der Waals surface area contributed by atoms with Crippen LogP contribution in [0.3, 0.4) is 0 Å². The van der Waals surface area contributed by atoms with Gasteiger partial charge in [-0.25, -0.2) is 12.8 Å². The van der Waals surface area contributed by atoms with Crippen LogP contribution in [0.25, 0.3) is 0 Å². The predicted molar refractivity (Wildman–Crippen MR) is 87.8 cm³/mol. The van der Waals surface area contributed by atoms with Gasteiger partial charge in [0.25, 0.3) is 0 Å². The summed E-state index contributed by atoms with van der Waals surface area (Å²) in [5.41, 5.74) is 3.36. The number of allylic oxidation sites excluding steroid dienone is 1. The molecular formula is C18H22FNO2S. The number of sulfonamides is 1. The summed E-state index contributed by atoms with van der Waals surface area (Å²) in [5, 5.41) is 0. The maximum Gasteiger partial charge on any atom is 0.218 e. The number of halogens is 1. The van der Waals surface area contributed by atoms with E-state index in [1.165, 1.54) is 30.9 Å². The van der Waals surface area contributed by atoms with E-state index in [0.29, 0.717) is 0 Å². The number of piperidine rings is 1. The summed E-state index contributed by atoms with van der Waals surface area (Å²) in [7, 11) is -3.46. The van der Waals surface area contributed by atoms with Crippen molar-refractivity contribution in [3.05, 3.63) is 46.8 Å². The quantitative estimate of drug-likeness (QED) is 0.789. The zero-order valence-corrected chi connectivity index (χ0v) is 14.0. The summed E-state index contributed by atoms with van der Waals surface area (Å²) >= 11 is 0. The number of benzene rings is 1. The minimum atomic E-state index is -3.46. The molecule has 3 aliphatic rings. The zero-order chi connectivity index (χ0) is 16.0. The average molecular weight is 335 g/mol. The van der Waals surface area contributed by atoms with Crippen molar-refractivity contribution in [3.63, 3.8) is 0 Å². The molecule has 124 valence electrons. The molecule has 2 atom stereocenters. The van der Waals surface area contributed by atoms with Gasteiger partial charge < -0.3 is 0 Å². The van der Waals surface area contributed by atoms with Crippen LogP contribution < -0.4 is 0 Å². The lowest BCUT2D eigenvalue weighted by Crippen LogP contribution is -2.45. The Morgan fingerprint density at radius 3 is 2.26 bits per heavy atom. The van der Waals surface area contributed by atoms with Crippen molar-refractivity contribution < 1.29 is 12.8 Å². The maximum absolute atomic E-state index is 13.8. The number of nitrogens with zero attached hydrogens (tertiary/aromatic N) is 1. The lowest BCUT2D eigenvalue weighted by molar-refractivity contribution is 0.281. The van der Waals surface area contributed by atoms with Gasteiger partial charge in [0.15, 0.2) is 0 Å². The second-order valence-electron chi connectivity index (χ2n) is 7.03. The molecule has 1 saturated carbocycles. The first-order valence-corrected chi connectivity index (χ1v) is 10.1. The molecule has 1 aromatic carbocycles. The van der Waals surface area contributed by atoms with Gasteiger partial charge >= 0.3 is 0 Å². The number of rotatable bonds is 3. The molecule has 1 aliphatic carbocycles. The largest absolute Gasteiger partial charge is 0.218 e. The SMILES string of the molecule is O=S(=O)(Cc1ccccc1F)N1C2CCC1CC(=C1CCC1)C2. The molecule has 0 amide bonds. The van der Waals surface area contributed by atoms with Gasteiger partial charge in [-0.1, -0.05) is 29.3 Å². The summed E-state index contributed by atoms with van der Waals surface area (Å²) in [6.07, 6.45) is 7.36. The van der Waals surface area contributed by atoms with Gasteiger partial charge in [0.05, 0.1) is 5.75 Å². The molecule has 0 N–H and O–H groups in total. The highest BCUT2D eigenvalue weighted by Gasteiger charge is 2.45. The fraction of sp³-hybridized carbons (Fsp3) is 0.556. The molecule has 2 unspecified atom stereocenters. The van der Waals surface area contributed by atoms with Crippen LogP contribution in [-0.4, -0.2) is 24.8 Å². The zero-order valence-electron chi connectivity index (χ0n) is 13.2. The Balaban J connectivity index is 1.57. The van der Waals surface area contributed by atoms with E-state index in [9.17, 15) is 12.8 Å². The normalized spacial score (nSPS) is 28.0. The first-order valence-electron chi connectivity index (χ1n) is 8.49. The first kappa shape index (κ1) is 15.3. The fourth-order valence-electron chi connectivity index (χ4n) is 4.31. The minimum absolute atomic E-state index is 0.0913. The highest BCUT2D eigenvalue weighted by atomic mass is 32.2. The molecule has 2 heterocycles. The van der Waals surface area contributed by atoms with E-state index in [0.717, 1.165) is 25.7 Å². The third kappa shape index (κ3) is 2.74. The van der Waals surface area contributed by atoms with E-state index < -0.39 is 15.8 Å². The van der Waals surface area contributed by atoms with Crippen molar-refractivity contribution in [3.8, 4) is 0 Å². The van der Waals surface area contributed by atoms with E-state index in [-0.39, 0.29) is 23.4 Å². The Hall–Kier alpha value is -1.20. The van der Waals surface area contributed by atoms with E-state index in [4.69, 9.17) is 0 Å². The smallest absolute Gasteiger partial charge is 0.212 e. The van der Waals surface area contributed by atoms with Gasteiger partial charge in [-0.3, -0.25) is 0 Å². The van der Waals surface area contributed by atoms with Gasteiger partial charge in [0.1, 0.15) is 5.82 Å². The molecule has 3 nitrogen and oxygen atoms in total. The van der Waals surface area contributed by atoms with E-state index in [1.807, 2.05) is 0 Å². The van der Waals surface area contributed by atoms with Crippen LogP contribution in [0.4, 0.5) is 4.39 Å². The summed E-state index contributed by atoms with van der Waals surface area (Å²) in [5.74, 6) is -0.656. The Bertz CT molecular complexity index is 734. The molecule has 0 spiro atoms. The van der Waals surface area contributed by atoms with Crippen LogP contribution in [0.2, 0.25) is 0 Å². The van der Waals surface area contributed by atoms with Crippen LogP contribution in [0.1, 0.15) is 50.5 Å². The van der Waals surface area contributed by atoms with Crippen LogP contribution in [-0.2, 0) is 15.8 Å². The summed E-state index contributed by atoms with van der Waals surface area (Å²) in [6.45, 7) is 0. The second kappa shape index (κ2) is 5.71. The second-order valence-corrected chi connectivity index (χ2v) is 8.91. The van der Waals surface area contributed by atoms with Gasteiger partial charge in [-0.05, 0) is 51.0 Å². The molecule has 5 heteroatoms. The van der Waals surface area contributed by atoms with E-state index in [1.54, 1.807) is 28.1 Å². The van der Waals surface area contributed by atoms with Gasteiger partial charge in [0, 0.05) is 17.6 Å². The third-order valence-electron chi connectivity index (χ3n) is 5.59. The summed E-state index contributed by atoms with van der Waals surface area (Å²) in [4.78, 5) is 0. The Kier molecular flexibility index (Phi) is 3.81. The van der Waals surface area contributed by atoms with Crippen molar-refractivity contribution in [1.29, 1.82) is 0 Å². The average Bonchev–Trinajstić information content (AvgIpc) is 2.73. The highest BCUT2D eigenvalue weighted by molar-refractivity contribution is 7.88. The van der Waals surface area contributed by atoms with Crippen molar-refractivity contribution in [2.45, 2.75) is 62.8 Å². The first-order chi connectivity index (χ1) is 11.0. The minimum Gasteiger partial charge on any atom is -0.212 e. The van der Waals surface area contributed by atoms with Crippen molar-refractivity contribution in [2.75, 3.05) is 0 Å². The van der Waals surface area contributed by atoms with Gasteiger partial charge in [-0.2, -0.15) is 4.31 Å². The van der Waals surface area contributed by atoms with Crippen molar-refractivity contribution in [2.24, 2.45) is 0 Å². The Morgan fingerprint density at radius 1 is 1.04 bits per heavy atom. The van der Waals surface area contributed by atoms with E-state index >= 15 is 0 Å². The lowest BCUT2D eigenvalue weighted by atomic mass is 9.83. The van der Waals surface area contributed by atoms with E-state index in [2.05, 4.69) is 0 Å². The van der Waals surface area contributed by atoms with Crippen LogP contribution in [0.5, 0.6) is 0 Å². The number of fused-ring (bicyclic) bond motifs is 2. The van der Waals surface area contributed by atoms with Crippen molar-refractivity contribution in [1.82, 2.24) is 4.31 Å². The maximum atomic E-state index is 13.8. The predicted octanol–water partition coefficient (Wildman–Crippen LogP) is 3.76. The Labute approximate surface area is 137 Å². The molecule has 3 fully saturated rings. The van der Waals surface area contributed by atoms with Crippen LogP contribution in [0, 0.1) is 5.82 Å². The molecule has 2 saturated heterocycles. The topological polar surface area (TPSA) is 37.4 Å². The third-order valence-corrected chi connectivity index (χ3v) is 7.51. The fourth-order valence-corrected chi connectivity index (χ4v) is 6.35. The molecule has 2 bridgehead atoms. The molecule has 0 radical (unpaired) electrons. The number of hydrogen-bond acceptors (Lipinski definition) is 2. The molecular weight excluding hydrogens is 313 g/mol. The summed E-state index contributed by atoms with van der Waals surface area (Å²) < 4.78 is 41.3. The van der Waals surface area contributed by atoms with Gasteiger partial charge in [0.2, 0.25) is 10.0 Å². The standard InChI is InChI=1S/C18H22FNO2S/c19-18-7-2-1-4-14(18)12-23(21,22)20-16-8-9-17(20)11-15(10-16)13-5-3-6-13/h1-2,4,7,16-17H,3,5-6,8-12H2. The van der Waals surface area contributed by atoms with Gasteiger partial charge in [-0.15, -0.1) is 0 Å². The Morgan fingerprint density at radius 2 is 1.70 bits per heavy atom. The van der Waals surface area contributed by atoms with Crippen LogP contribution >= 0.6 is 0 Å². The molecule has 23 heavy (non-hydrogen) atoms. The number of hydrogen-bond donors (Lipinski definition) is 0. The highest BCUT2D eigenvalue weighted by Crippen LogP contribution is 2.44. The molecule has 1 aromatic rings. The van der Waals surface area contributed by atoms with Crippen LogP contribution in [0.15, 0.2) is 35.4 Å². The monoisotopic (exact) mass is 335 g/mol. The molecule has 2 aliphatic heterocycles. The summed E-state index contributed by atoms with van der Waals surface area (Å²) in [6, 6.07) is 6.36. The van der Waals surface area contributed by atoms with Crippen molar-refractivity contribution >= 4 is 10.0 Å². The molecule has 0 aromatic heterocycles. The lowest BCUT2D eigenvalue weighted by Gasteiger charge is -2.37.